The monoisotopic (exact) mass is 196 g/mol. The second-order valence-corrected chi connectivity index (χ2v) is 2.88. The summed E-state index contributed by atoms with van der Waals surface area (Å²) in [7, 11) is 0. The van der Waals surface area contributed by atoms with Crippen molar-refractivity contribution in [1.82, 2.24) is 0 Å². The highest BCUT2D eigenvalue weighted by Crippen LogP contribution is 2.37. The Bertz CT molecular complexity index is 279. The van der Waals surface area contributed by atoms with E-state index in [2.05, 4.69) is 4.74 Å². The van der Waals surface area contributed by atoms with Crippen LogP contribution in [0.1, 0.15) is 4.88 Å². The van der Waals surface area contributed by atoms with Crippen LogP contribution in [0.5, 0.6) is 5.06 Å². The maximum atomic E-state index is 11.9. The van der Waals surface area contributed by atoms with Gasteiger partial charge in [0.2, 0.25) is 0 Å². The van der Waals surface area contributed by atoms with E-state index in [9.17, 15) is 18.0 Å². The number of carbonyl (C=O) groups is 1. The first kappa shape index (κ1) is 9.05. The molecule has 0 saturated heterocycles. The van der Waals surface area contributed by atoms with Gasteiger partial charge >= 0.3 is 6.18 Å². The van der Waals surface area contributed by atoms with Gasteiger partial charge in [0.25, 0.3) is 6.47 Å². The minimum absolute atomic E-state index is 0.0580. The Morgan fingerprint density at radius 3 is 2.50 bits per heavy atom. The van der Waals surface area contributed by atoms with Gasteiger partial charge in [0.05, 0.1) is 0 Å². The number of alkyl halides is 3. The molecule has 0 radical (unpaired) electrons. The molecule has 0 atom stereocenters. The molecule has 0 N–H and O–H groups in total. The van der Waals surface area contributed by atoms with Crippen molar-refractivity contribution in [3.8, 4) is 5.06 Å². The fraction of sp³-hybridized carbons (Fsp3) is 0.167. The van der Waals surface area contributed by atoms with Gasteiger partial charge in [-0.2, -0.15) is 13.2 Å². The van der Waals surface area contributed by atoms with E-state index in [1.54, 1.807) is 0 Å². The maximum Gasteiger partial charge on any atom is 0.425 e. The van der Waals surface area contributed by atoms with Crippen molar-refractivity contribution in [2.24, 2.45) is 0 Å². The van der Waals surface area contributed by atoms with E-state index in [1.165, 1.54) is 0 Å². The molecule has 1 heterocycles. The molecule has 0 aliphatic rings. The topological polar surface area (TPSA) is 26.3 Å². The van der Waals surface area contributed by atoms with Gasteiger partial charge in [0.15, 0.2) is 5.06 Å². The van der Waals surface area contributed by atoms with Crippen LogP contribution in [0.3, 0.4) is 0 Å². The van der Waals surface area contributed by atoms with Crippen LogP contribution >= 0.6 is 11.3 Å². The molecule has 12 heavy (non-hydrogen) atoms. The number of carbonyl (C=O) groups excluding carboxylic acids is 1. The predicted octanol–water partition coefficient (Wildman–Crippen LogP) is 2.30. The van der Waals surface area contributed by atoms with E-state index in [0.29, 0.717) is 11.3 Å². The summed E-state index contributed by atoms with van der Waals surface area (Å²) in [5.41, 5.74) is 0. The van der Waals surface area contributed by atoms with E-state index in [1.807, 2.05) is 0 Å². The molecule has 0 saturated carbocycles. The third-order valence-corrected chi connectivity index (χ3v) is 2.05. The smallest absolute Gasteiger partial charge is 0.418 e. The maximum absolute atomic E-state index is 11.9. The van der Waals surface area contributed by atoms with Crippen LogP contribution in [-0.2, 0) is 11.0 Å². The first-order valence-corrected chi connectivity index (χ1v) is 3.63. The van der Waals surface area contributed by atoms with Gasteiger partial charge in [-0.15, -0.1) is 0 Å². The van der Waals surface area contributed by atoms with Gasteiger partial charge in [0, 0.05) is 0 Å². The Balaban J connectivity index is 2.84. The first-order chi connectivity index (χ1) is 5.54. The Hall–Kier alpha value is -1.04. The Labute approximate surface area is 69.6 Å². The highest BCUT2D eigenvalue weighted by Gasteiger charge is 2.32. The minimum atomic E-state index is -4.37. The summed E-state index contributed by atoms with van der Waals surface area (Å²) in [6, 6.07) is 1.96. The second kappa shape index (κ2) is 3.14. The SMILES string of the molecule is O=COc1ccc(C(F)(F)F)s1. The Kier molecular flexibility index (Phi) is 2.37. The fourth-order valence-corrected chi connectivity index (χ4v) is 1.28. The lowest BCUT2D eigenvalue weighted by atomic mass is 10.5. The summed E-state index contributed by atoms with van der Waals surface area (Å²) in [6.45, 7) is 0.0893. The standard InChI is InChI=1S/C6H3F3O2S/c7-6(8,9)4-1-2-5(12-4)11-3-10/h1-3H. The summed E-state index contributed by atoms with van der Waals surface area (Å²) >= 11 is 0.386. The molecule has 0 aliphatic heterocycles. The van der Waals surface area contributed by atoms with Crippen LogP contribution in [0.15, 0.2) is 12.1 Å². The van der Waals surface area contributed by atoms with E-state index < -0.39 is 11.1 Å². The molecule has 2 nitrogen and oxygen atoms in total. The van der Waals surface area contributed by atoms with E-state index in [4.69, 9.17) is 0 Å². The second-order valence-electron chi connectivity index (χ2n) is 1.83. The normalized spacial score (nSPS) is 11.2. The zero-order valence-electron chi connectivity index (χ0n) is 5.59. The van der Waals surface area contributed by atoms with Crippen molar-refractivity contribution in [2.45, 2.75) is 6.18 Å². The number of thiophene rings is 1. The third kappa shape index (κ3) is 1.97. The number of hydrogen-bond donors (Lipinski definition) is 0. The van der Waals surface area contributed by atoms with Crippen LogP contribution < -0.4 is 4.74 Å². The van der Waals surface area contributed by atoms with E-state index in [-0.39, 0.29) is 11.5 Å². The van der Waals surface area contributed by atoms with Crippen molar-refractivity contribution in [3.63, 3.8) is 0 Å². The summed E-state index contributed by atoms with van der Waals surface area (Å²) in [6.07, 6.45) is -4.37. The lowest BCUT2D eigenvalue weighted by Crippen LogP contribution is -2.00. The molecule has 6 heteroatoms. The lowest BCUT2D eigenvalue weighted by Gasteiger charge is -1.99. The zero-order valence-corrected chi connectivity index (χ0v) is 6.41. The van der Waals surface area contributed by atoms with E-state index in [0.717, 1.165) is 12.1 Å². The van der Waals surface area contributed by atoms with Crippen LogP contribution in [0.2, 0.25) is 0 Å². The molecule has 0 aromatic carbocycles. The van der Waals surface area contributed by atoms with Crippen LogP contribution in [0.25, 0.3) is 0 Å². The van der Waals surface area contributed by atoms with E-state index >= 15 is 0 Å². The minimum Gasteiger partial charge on any atom is -0.418 e. The van der Waals surface area contributed by atoms with Crippen molar-refractivity contribution >= 4 is 17.8 Å². The van der Waals surface area contributed by atoms with Crippen LogP contribution in [0, 0.1) is 0 Å². The average molecular weight is 196 g/mol. The first-order valence-electron chi connectivity index (χ1n) is 2.81. The molecule has 0 bridgehead atoms. The van der Waals surface area contributed by atoms with Gasteiger partial charge in [-0.05, 0) is 12.1 Å². The highest BCUT2D eigenvalue weighted by atomic mass is 32.1. The zero-order chi connectivity index (χ0) is 9.19. The molecule has 0 fully saturated rings. The molecular formula is C6H3F3O2S. The Morgan fingerprint density at radius 1 is 1.42 bits per heavy atom. The van der Waals surface area contributed by atoms with Crippen molar-refractivity contribution < 1.29 is 22.7 Å². The molecule has 0 unspecified atom stereocenters. The fourth-order valence-electron chi connectivity index (χ4n) is 0.583. The summed E-state index contributed by atoms with van der Waals surface area (Å²) in [5.74, 6) is 0. The number of ether oxygens (including phenoxy) is 1. The molecular weight excluding hydrogens is 193 g/mol. The number of halogens is 3. The highest BCUT2D eigenvalue weighted by molar-refractivity contribution is 7.14. The molecule has 66 valence electrons. The van der Waals surface area contributed by atoms with Crippen molar-refractivity contribution in [2.75, 3.05) is 0 Å². The van der Waals surface area contributed by atoms with Gasteiger partial charge in [-0.1, -0.05) is 11.3 Å². The summed E-state index contributed by atoms with van der Waals surface area (Å²) in [4.78, 5) is 8.96. The molecule has 1 aromatic heterocycles. The van der Waals surface area contributed by atoms with Gasteiger partial charge in [0.1, 0.15) is 4.88 Å². The lowest BCUT2D eigenvalue weighted by molar-refractivity contribution is -0.134. The third-order valence-electron chi connectivity index (χ3n) is 1.02. The van der Waals surface area contributed by atoms with Crippen molar-refractivity contribution in [1.29, 1.82) is 0 Å². The Morgan fingerprint density at radius 2 is 2.08 bits per heavy atom. The van der Waals surface area contributed by atoms with Gasteiger partial charge in [-0.3, -0.25) is 4.79 Å². The average Bonchev–Trinajstić information content (AvgIpc) is 2.35. The largest absolute Gasteiger partial charge is 0.425 e. The molecule has 1 rings (SSSR count). The predicted molar refractivity (Wildman–Crippen MR) is 36.0 cm³/mol. The molecule has 0 spiro atoms. The molecule has 1 aromatic rings. The van der Waals surface area contributed by atoms with Gasteiger partial charge < -0.3 is 4.74 Å². The summed E-state index contributed by atoms with van der Waals surface area (Å²) < 4.78 is 39.9. The summed E-state index contributed by atoms with van der Waals surface area (Å²) in [5, 5.41) is -0.0580. The van der Waals surface area contributed by atoms with Crippen LogP contribution in [-0.4, -0.2) is 6.47 Å². The van der Waals surface area contributed by atoms with Crippen molar-refractivity contribution in [3.05, 3.63) is 17.0 Å². The van der Waals surface area contributed by atoms with Crippen LogP contribution in [0.4, 0.5) is 13.2 Å². The quantitative estimate of drug-likeness (QED) is 0.678. The number of rotatable bonds is 2. The van der Waals surface area contributed by atoms with Gasteiger partial charge in [-0.25, -0.2) is 0 Å². The molecule has 0 aliphatic carbocycles. The molecule has 0 amide bonds. The number of hydrogen-bond acceptors (Lipinski definition) is 3.